The molecule has 1 aromatic carbocycles. The second-order valence-electron chi connectivity index (χ2n) is 5.13. The van der Waals surface area contributed by atoms with Crippen LogP contribution in [0.4, 0.5) is 0 Å². The minimum absolute atomic E-state index is 0.0695. The molecule has 0 saturated heterocycles. The Morgan fingerprint density at radius 3 is 2.36 bits per heavy atom. The van der Waals surface area contributed by atoms with Crippen LogP contribution in [0.2, 0.25) is 0 Å². The molecule has 0 aliphatic rings. The van der Waals surface area contributed by atoms with Gasteiger partial charge in [0.2, 0.25) is 5.09 Å². The van der Waals surface area contributed by atoms with Crippen LogP contribution in [0.5, 0.6) is 0 Å². The first-order chi connectivity index (χ1) is 10.2. The highest BCUT2D eigenvalue weighted by Crippen LogP contribution is 2.20. The lowest BCUT2D eigenvalue weighted by Crippen LogP contribution is -2.25. The molecule has 7 heteroatoms. The lowest BCUT2D eigenvalue weighted by Gasteiger charge is -2.12. The van der Waals surface area contributed by atoms with E-state index in [1.165, 1.54) is 0 Å². The molecule has 2 aromatic rings. The Labute approximate surface area is 128 Å². The van der Waals surface area contributed by atoms with E-state index in [1.807, 2.05) is 32.9 Å². The number of hydrogen-bond donors (Lipinski definition) is 2. The van der Waals surface area contributed by atoms with Crippen LogP contribution in [0.25, 0.3) is 0 Å². The molecule has 22 heavy (non-hydrogen) atoms. The molecular formula is C15H17NO5S. The highest BCUT2D eigenvalue weighted by atomic mass is 32.2. The van der Waals surface area contributed by atoms with Gasteiger partial charge in [-0.25, -0.2) is 17.9 Å². The van der Waals surface area contributed by atoms with E-state index in [0.29, 0.717) is 0 Å². The normalized spacial score (nSPS) is 11.6. The Balaban J connectivity index is 2.28. The van der Waals surface area contributed by atoms with Gasteiger partial charge in [-0.15, -0.1) is 0 Å². The molecule has 1 aromatic heterocycles. The van der Waals surface area contributed by atoms with E-state index in [1.54, 1.807) is 0 Å². The molecule has 1 heterocycles. The van der Waals surface area contributed by atoms with Gasteiger partial charge in [-0.1, -0.05) is 17.7 Å². The van der Waals surface area contributed by atoms with Crippen molar-refractivity contribution in [3.05, 3.63) is 52.3 Å². The van der Waals surface area contributed by atoms with Crippen molar-refractivity contribution >= 4 is 16.0 Å². The van der Waals surface area contributed by atoms with Crippen LogP contribution in [-0.2, 0) is 16.6 Å². The van der Waals surface area contributed by atoms with E-state index < -0.39 is 21.1 Å². The molecule has 118 valence electrons. The molecule has 0 fully saturated rings. The summed E-state index contributed by atoms with van der Waals surface area (Å²) < 4.78 is 31.6. The van der Waals surface area contributed by atoms with Gasteiger partial charge in [0.25, 0.3) is 10.0 Å². The smallest absolute Gasteiger partial charge is 0.340 e. The van der Waals surface area contributed by atoms with Gasteiger partial charge in [0.05, 0.1) is 6.26 Å². The van der Waals surface area contributed by atoms with Gasteiger partial charge in [0.1, 0.15) is 5.56 Å². The van der Waals surface area contributed by atoms with Gasteiger partial charge < -0.3 is 9.52 Å². The fourth-order valence-corrected chi connectivity index (χ4v) is 3.48. The summed E-state index contributed by atoms with van der Waals surface area (Å²) in [6.07, 6.45) is 1.04. The zero-order valence-electron chi connectivity index (χ0n) is 12.5. The quantitative estimate of drug-likeness (QED) is 0.880. The van der Waals surface area contributed by atoms with Crippen LogP contribution in [-0.4, -0.2) is 19.5 Å². The molecule has 0 aliphatic heterocycles. The van der Waals surface area contributed by atoms with Crippen LogP contribution in [0, 0.1) is 20.8 Å². The number of aromatic carboxylic acids is 1. The summed E-state index contributed by atoms with van der Waals surface area (Å²) in [6.45, 7) is 5.84. The third kappa shape index (κ3) is 3.20. The number of carboxylic acids is 1. The second kappa shape index (κ2) is 5.94. The average molecular weight is 323 g/mol. The standard InChI is InChI=1S/C15H17NO5S/c1-9-6-10(2)13(11(3)7-9)8-16-22(19,20)15-12(14(17)18)4-5-21-15/h4-7,16H,8H2,1-3H3,(H,17,18). The zero-order valence-corrected chi connectivity index (χ0v) is 13.3. The van der Waals surface area contributed by atoms with Gasteiger partial charge in [-0.05, 0) is 43.5 Å². The minimum atomic E-state index is -4.03. The summed E-state index contributed by atoms with van der Waals surface area (Å²) in [5, 5.41) is 8.39. The van der Waals surface area contributed by atoms with Crippen LogP contribution in [0.15, 0.2) is 34.0 Å². The Morgan fingerprint density at radius 1 is 1.23 bits per heavy atom. The first-order valence-electron chi connectivity index (χ1n) is 6.59. The molecular weight excluding hydrogens is 306 g/mol. The maximum Gasteiger partial charge on any atom is 0.340 e. The predicted molar refractivity (Wildman–Crippen MR) is 80.3 cm³/mol. The molecule has 6 nitrogen and oxygen atoms in total. The third-order valence-corrected chi connectivity index (χ3v) is 4.71. The highest BCUT2D eigenvalue weighted by molar-refractivity contribution is 7.89. The Bertz CT molecular complexity index is 797. The van der Waals surface area contributed by atoms with Crippen molar-refractivity contribution in [2.75, 3.05) is 0 Å². The van der Waals surface area contributed by atoms with Gasteiger partial charge in [0.15, 0.2) is 0 Å². The van der Waals surface area contributed by atoms with E-state index in [2.05, 4.69) is 4.72 Å². The first kappa shape index (κ1) is 16.3. The number of furan rings is 1. The molecule has 2 N–H and O–H groups in total. The number of aryl methyl sites for hydroxylation is 3. The van der Waals surface area contributed by atoms with E-state index in [9.17, 15) is 13.2 Å². The lowest BCUT2D eigenvalue weighted by molar-refractivity contribution is 0.0689. The second-order valence-corrected chi connectivity index (χ2v) is 6.80. The monoisotopic (exact) mass is 323 g/mol. The van der Waals surface area contributed by atoms with Crippen molar-refractivity contribution in [3.8, 4) is 0 Å². The largest absolute Gasteiger partial charge is 0.478 e. The molecule has 0 aliphatic carbocycles. The van der Waals surface area contributed by atoms with Crippen molar-refractivity contribution in [1.82, 2.24) is 4.72 Å². The Morgan fingerprint density at radius 2 is 1.82 bits per heavy atom. The van der Waals surface area contributed by atoms with Crippen LogP contribution < -0.4 is 4.72 Å². The van der Waals surface area contributed by atoms with Crippen molar-refractivity contribution in [2.24, 2.45) is 0 Å². The van der Waals surface area contributed by atoms with E-state index in [4.69, 9.17) is 9.52 Å². The summed E-state index contributed by atoms with van der Waals surface area (Å²) in [5.41, 5.74) is 3.51. The average Bonchev–Trinajstić information content (AvgIpc) is 2.87. The Kier molecular flexibility index (Phi) is 4.39. The molecule has 2 rings (SSSR count). The SMILES string of the molecule is Cc1cc(C)c(CNS(=O)(=O)c2occc2C(=O)O)c(C)c1. The zero-order chi connectivity index (χ0) is 16.5. The molecule has 0 spiro atoms. The third-order valence-electron chi connectivity index (χ3n) is 3.38. The van der Waals surface area contributed by atoms with Crippen LogP contribution in [0.3, 0.4) is 0 Å². The number of carbonyl (C=O) groups is 1. The van der Waals surface area contributed by atoms with E-state index in [-0.39, 0.29) is 12.1 Å². The highest BCUT2D eigenvalue weighted by Gasteiger charge is 2.26. The molecule has 0 saturated carbocycles. The van der Waals surface area contributed by atoms with Gasteiger partial charge in [0, 0.05) is 6.54 Å². The molecule has 0 atom stereocenters. The summed E-state index contributed by atoms with van der Waals surface area (Å²) >= 11 is 0. The van der Waals surface area contributed by atoms with Crippen molar-refractivity contribution in [2.45, 2.75) is 32.4 Å². The fraction of sp³-hybridized carbons (Fsp3) is 0.267. The maximum absolute atomic E-state index is 12.2. The summed E-state index contributed by atoms with van der Waals surface area (Å²) in [7, 11) is -4.03. The number of rotatable bonds is 5. The van der Waals surface area contributed by atoms with Crippen molar-refractivity contribution < 1.29 is 22.7 Å². The van der Waals surface area contributed by atoms with Crippen molar-refractivity contribution in [3.63, 3.8) is 0 Å². The minimum Gasteiger partial charge on any atom is -0.478 e. The number of sulfonamides is 1. The molecule has 0 unspecified atom stereocenters. The number of benzene rings is 1. The summed E-state index contributed by atoms with van der Waals surface area (Å²) in [6, 6.07) is 5.04. The van der Waals surface area contributed by atoms with E-state index >= 15 is 0 Å². The first-order valence-corrected chi connectivity index (χ1v) is 8.08. The molecule has 0 bridgehead atoms. The van der Waals surface area contributed by atoms with Crippen LogP contribution >= 0.6 is 0 Å². The number of carboxylic acid groups (broad SMARTS) is 1. The van der Waals surface area contributed by atoms with Gasteiger partial charge in [-0.2, -0.15) is 0 Å². The van der Waals surface area contributed by atoms with Crippen LogP contribution in [0.1, 0.15) is 32.6 Å². The molecule has 0 amide bonds. The van der Waals surface area contributed by atoms with Gasteiger partial charge >= 0.3 is 5.97 Å². The molecule has 0 radical (unpaired) electrons. The lowest BCUT2D eigenvalue weighted by atomic mass is 10.0. The summed E-state index contributed by atoms with van der Waals surface area (Å²) in [4.78, 5) is 11.0. The number of hydrogen-bond acceptors (Lipinski definition) is 4. The Hall–Kier alpha value is -2.12. The predicted octanol–water partition coefficient (Wildman–Crippen LogP) is 2.38. The fourth-order valence-electron chi connectivity index (χ4n) is 2.38. The van der Waals surface area contributed by atoms with Gasteiger partial charge in [-0.3, -0.25) is 0 Å². The van der Waals surface area contributed by atoms with Crippen molar-refractivity contribution in [1.29, 1.82) is 0 Å². The van der Waals surface area contributed by atoms with E-state index in [0.717, 1.165) is 34.6 Å². The maximum atomic E-state index is 12.2. The number of nitrogens with one attached hydrogen (secondary N) is 1. The topological polar surface area (TPSA) is 96.6 Å². The summed E-state index contributed by atoms with van der Waals surface area (Å²) in [5.74, 6) is -1.35.